The van der Waals surface area contributed by atoms with Crippen LogP contribution in [0.1, 0.15) is 5.56 Å². The van der Waals surface area contributed by atoms with Crippen LogP contribution in [-0.4, -0.2) is 15.2 Å². The number of halogens is 2. The molecule has 0 radical (unpaired) electrons. The number of benzene rings is 2. The van der Waals surface area contributed by atoms with Crippen molar-refractivity contribution >= 4 is 22.5 Å². The van der Waals surface area contributed by atoms with E-state index in [1.807, 2.05) is 6.07 Å². The largest absolute Gasteiger partial charge is 0.508 e. The van der Waals surface area contributed by atoms with E-state index in [-0.39, 0.29) is 16.3 Å². The van der Waals surface area contributed by atoms with Crippen LogP contribution in [-0.2, 0) is 0 Å². The molecule has 0 amide bonds. The Morgan fingerprint density at radius 1 is 1.14 bits per heavy atom. The molecule has 1 heterocycles. The van der Waals surface area contributed by atoms with Crippen molar-refractivity contribution in [3.63, 3.8) is 0 Å². The summed E-state index contributed by atoms with van der Waals surface area (Å²) in [5, 5.41) is 28.7. The van der Waals surface area contributed by atoms with Crippen LogP contribution in [0.4, 0.5) is 4.39 Å². The van der Waals surface area contributed by atoms with E-state index in [1.165, 1.54) is 30.3 Å². The molecule has 0 spiro atoms. The molecule has 0 aliphatic rings. The number of nitriles is 1. The summed E-state index contributed by atoms with van der Waals surface area (Å²) in [6.45, 7) is 0. The van der Waals surface area contributed by atoms with Crippen LogP contribution in [0.2, 0.25) is 5.02 Å². The van der Waals surface area contributed by atoms with Gasteiger partial charge in [0.05, 0.1) is 27.9 Å². The maximum absolute atomic E-state index is 13.5. The Labute approximate surface area is 129 Å². The predicted octanol–water partition coefficient (Wildman–Crippen LogP) is 3.98. The molecular weight excluding hydrogens is 307 g/mol. The summed E-state index contributed by atoms with van der Waals surface area (Å²) < 4.78 is 13.5. The summed E-state index contributed by atoms with van der Waals surface area (Å²) in [7, 11) is 0. The van der Waals surface area contributed by atoms with Crippen molar-refractivity contribution in [2.45, 2.75) is 0 Å². The molecular formula is C16H8ClFN2O2. The summed E-state index contributed by atoms with van der Waals surface area (Å²) in [4.78, 5) is 4.32. The SMILES string of the molecule is N#Cc1cc(-c2ccc(O)c(F)c2)nc2c(Cl)cc(O)cc12. The molecule has 0 unspecified atom stereocenters. The number of phenolic OH excluding ortho intramolecular Hbond substituents is 2. The zero-order valence-electron chi connectivity index (χ0n) is 11.0. The topological polar surface area (TPSA) is 77.1 Å². The van der Waals surface area contributed by atoms with Crippen LogP contribution in [0, 0.1) is 17.1 Å². The van der Waals surface area contributed by atoms with Crippen LogP contribution in [0.3, 0.4) is 0 Å². The minimum Gasteiger partial charge on any atom is -0.508 e. The third kappa shape index (κ3) is 2.30. The Kier molecular flexibility index (Phi) is 3.32. The van der Waals surface area contributed by atoms with E-state index in [0.29, 0.717) is 22.2 Å². The molecule has 0 aliphatic heterocycles. The van der Waals surface area contributed by atoms with E-state index in [2.05, 4.69) is 4.98 Å². The molecule has 6 heteroatoms. The second-order valence-electron chi connectivity index (χ2n) is 4.66. The first kappa shape index (κ1) is 14.1. The first-order chi connectivity index (χ1) is 10.5. The van der Waals surface area contributed by atoms with Crippen LogP contribution in [0.15, 0.2) is 36.4 Å². The van der Waals surface area contributed by atoms with E-state index in [0.717, 1.165) is 6.07 Å². The second-order valence-corrected chi connectivity index (χ2v) is 5.06. The lowest BCUT2D eigenvalue weighted by Crippen LogP contribution is -1.91. The number of fused-ring (bicyclic) bond motifs is 1. The maximum Gasteiger partial charge on any atom is 0.165 e. The Morgan fingerprint density at radius 3 is 2.59 bits per heavy atom. The Bertz CT molecular complexity index is 951. The van der Waals surface area contributed by atoms with E-state index >= 15 is 0 Å². The van der Waals surface area contributed by atoms with Crippen molar-refractivity contribution in [3.8, 4) is 28.8 Å². The first-order valence-corrected chi connectivity index (χ1v) is 6.59. The zero-order chi connectivity index (χ0) is 15.9. The average molecular weight is 315 g/mol. The first-order valence-electron chi connectivity index (χ1n) is 6.22. The van der Waals surface area contributed by atoms with E-state index < -0.39 is 11.6 Å². The maximum atomic E-state index is 13.5. The minimum atomic E-state index is -0.783. The van der Waals surface area contributed by atoms with Crippen molar-refractivity contribution in [3.05, 3.63) is 52.8 Å². The highest BCUT2D eigenvalue weighted by Gasteiger charge is 2.13. The van der Waals surface area contributed by atoms with Gasteiger partial charge in [-0.2, -0.15) is 5.26 Å². The summed E-state index contributed by atoms with van der Waals surface area (Å²) in [6.07, 6.45) is 0. The molecule has 108 valence electrons. The molecule has 0 saturated carbocycles. The van der Waals surface area contributed by atoms with Gasteiger partial charge in [-0.15, -0.1) is 0 Å². The number of hydrogen-bond acceptors (Lipinski definition) is 4. The Morgan fingerprint density at radius 2 is 1.91 bits per heavy atom. The molecule has 0 fully saturated rings. The lowest BCUT2D eigenvalue weighted by atomic mass is 10.0. The fourth-order valence-corrected chi connectivity index (χ4v) is 2.43. The number of rotatable bonds is 1. The van der Waals surface area contributed by atoms with Crippen molar-refractivity contribution in [1.82, 2.24) is 4.98 Å². The standard InChI is InChI=1S/C16H8ClFN2O2/c17-12-6-10(21)5-11-9(7-19)4-14(20-16(11)12)8-1-2-15(22)13(18)3-8/h1-6,21-22H. The van der Waals surface area contributed by atoms with Crippen LogP contribution in [0.5, 0.6) is 11.5 Å². The number of phenols is 2. The highest BCUT2D eigenvalue weighted by molar-refractivity contribution is 6.35. The van der Waals surface area contributed by atoms with Crippen LogP contribution >= 0.6 is 11.6 Å². The lowest BCUT2D eigenvalue weighted by molar-refractivity contribution is 0.432. The monoisotopic (exact) mass is 314 g/mol. The quantitative estimate of drug-likeness (QED) is 0.712. The van der Waals surface area contributed by atoms with Gasteiger partial charge in [-0.25, -0.2) is 9.37 Å². The van der Waals surface area contributed by atoms with E-state index in [9.17, 15) is 19.9 Å². The molecule has 3 rings (SSSR count). The summed E-state index contributed by atoms with van der Waals surface area (Å²) in [5.41, 5.74) is 1.33. The third-order valence-corrected chi connectivity index (χ3v) is 3.50. The van der Waals surface area contributed by atoms with Gasteiger partial charge < -0.3 is 10.2 Å². The normalized spacial score (nSPS) is 10.6. The second kappa shape index (κ2) is 5.17. The minimum absolute atomic E-state index is 0.0702. The zero-order valence-corrected chi connectivity index (χ0v) is 11.8. The fourth-order valence-electron chi connectivity index (χ4n) is 2.18. The molecule has 22 heavy (non-hydrogen) atoms. The molecule has 0 bridgehead atoms. The smallest absolute Gasteiger partial charge is 0.165 e. The van der Waals surface area contributed by atoms with Gasteiger partial charge in [0.2, 0.25) is 0 Å². The fraction of sp³-hybridized carbons (Fsp3) is 0. The van der Waals surface area contributed by atoms with Gasteiger partial charge in [0.25, 0.3) is 0 Å². The van der Waals surface area contributed by atoms with Gasteiger partial charge in [-0.1, -0.05) is 11.6 Å². The van der Waals surface area contributed by atoms with Crippen LogP contribution < -0.4 is 0 Å². The molecule has 0 aliphatic carbocycles. The van der Waals surface area contributed by atoms with Crippen molar-refractivity contribution in [2.24, 2.45) is 0 Å². The van der Waals surface area contributed by atoms with Gasteiger partial charge in [0, 0.05) is 17.0 Å². The number of pyridine rings is 1. The number of hydrogen-bond donors (Lipinski definition) is 2. The van der Waals surface area contributed by atoms with Crippen LogP contribution in [0.25, 0.3) is 22.2 Å². The molecule has 4 nitrogen and oxygen atoms in total. The highest BCUT2D eigenvalue weighted by atomic mass is 35.5. The van der Waals surface area contributed by atoms with E-state index in [1.54, 1.807) is 0 Å². The molecule has 0 atom stereocenters. The highest BCUT2D eigenvalue weighted by Crippen LogP contribution is 2.33. The lowest BCUT2D eigenvalue weighted by Gasteiger charge is -2.08. The van der Waals surface area contributed by atoms with Crippen molar-refractivity contribution in [2.75, 3.05) is 0 Å². The Hall–Kier alpha value is -2.84. The summed E-state index contributed by atoms with van der Waals surface area (Å²) in [5.74, 6) is -1.32. The number of aromatic nitrogens is 1. The van der Waals surface area contributed by atoms with Gasteiger partial charge in [0.1, 0.15) is 5.75 Å². The molecule has 0 saturated heterocycles. The Balaban J connectivity index is 2.32. The van der Waals surface area contributed by atoms with Gasteiger partial charge >= 0.3 is 0 Å². The average Bonchev–Trinajstić information content (AvgIpc) is 2.49. The molecule has 3 aromatic rings. The third-order valence-electron chi connectivity index (χ3n) is 3.22. The number of nitrogens with zero attached hydrogens (tertiary/aromatic N) is 2. The van der Waals surface area contributed by atoms with E-state index in [4.69, 9.17) is 11.6 Å². The molecule has 2 N–H and O–H groups in total. The van der Waals surface area contributed by atoms with Gasteiger partial charge in [-0.05, 0) is 30.3 Å². The number of aromatic hydroxyl groups is 2. The van der Waals surface area contributed by atoms with Crippen molar-refractivity contribution < 1.29 is 14.6 Å². The summed E-state index contributed by atoms with van der Waals surface area (Å²) in [6, 6.07) is 10.0. The van der Waals surface area contributed by atoms with Gasteiger partial charge in [-0.3, -0.25) is 0 Å². The van der Waals surface area contributed by atoms with Gasteiger partial charge in [0.15, 0.2) is 11.6 Å². The molecule has 2 aromatic carbocycles. The summed E-state index contributed by atoms with van der Waals surface area (Å²) >= 11 is 6.06. The predicted molar refractivity (Wildman–Crippen MR) is 80.2 cm³/mol. The van der Waals surface area contributed by atoms with Crippen molar-refractivity contribution in [1.29, 1.82) is 5.26 Å². The molecule has 1 aromatic heterocycles.